The largest absolute Gasteiger partial charge is 0.374 e. The highest BCUT2D eigenvalue weighted by Crippen LogP contribution is 2.09. The number of hydrogen-bond acceptors (Lipinski definition) is 5. The molecule has 0 bridgehead atoms. The Labute approximate surface area is 125 Å². The molecule has 0 saturated carbocycles. The Kier molecular flexibility index (Phi) is 5.67. The molecule has 2 heterocycles. The Balaban J connectivity index is 1.96. The summed E-state index contributed by atoms with van der Waals surface area (Å²) in [6.07, 6.45) is 1.94. The lowest BCUT2D eigenvalue weighted by molar-refractivity contribution is -0.120. The van der Waals surface area contributed by atoms with Gasteiger partial charge in [0.15, 0.2) is 0 Å². The van der Waals surface area contributed by atoms with Crippen molar-refractivity contribution in [2.75, 3.05) is 39.8 Å². The zero-order valence-corrected chi connectivity index (χ0v) is 12.8. The molecule has 6 nitrogen and oxygen atoms in total. The van der Waals surface area contributed by atoms with E-state index in [2.05, 4.69) is 16.9 Å². The van der Waals surface area contributed by atoms with Crippen LogP contribution in [0.2, 0.25) is 0 Å². The van der Waals surface area contributed by atoms with E-state index in [4.69, 9.17) is 10.5 Å². The third kappa shape index (κ3) is 5.41. The second kappa shape index (κ2) is 7.49. The first kappa shape index (κ1) is 15.9. The third-order valence-electron chi connectivity index (χ3n) is 3.54. The minimum absolute atomic E-state index is 0.105. The highest BCUT2D eigenvalue weighted by molar-refractivity contribution is 5.75. The van der Waals surface area contributed by atoms with Crippen LogP contribution >= 0.6 is 0 Å². The van der Waals surface area contributed by atoms with Crippen LogP contribution in [0.3, 0.4) is 0 Å². The number of carbonyl (C=O) groups is 1. The van der Waals surface area contributed by atoms with E-state index in [1.807, 2.05) is 30.2 Å². The Hall–Kier alpha value is -1.50. The van der Waals surface area contributed by atoms with E-state index in [1.54, 1.807) is 0 Å². The van der Waals surface area contributed by atoms with Crippen LogP contribution < -0.4 is 5.73 Å². The molecule has 2 rings (SSSR count). The van der Waals surface area contributed by atoms with Gasteiger partial charge in [-0.1, -0.05) is 6.07 Å². The zero-order chi connectivity index (χ0) is 15.2. The molecule has 1 amide bonds. The molecule has 0 aromatic carbocycles. The summed E-state index contributed by atoms with van der Waals surface area (Å²) in [7, 11) is 2.08. The molecule has 1 aliphatic rings. The Morgan fingerprint density at radius 1 is 1.57 bits per heavy atom. The number of ether oxygens (including phenoxy) is 1. The molecule has 1 fully saturated rings. The van der Waals surface area contributed by atoms with Gasteiger partial charge >= 0.3 is 0 Å². The standard InChI is InChI=1S/C15H24N4O2/c1-12-3-4-13(17-7-12)8-19(11-15(16)20)10-14-9-18(2)5-6-21-14/h3-4,7,14H,5-6,8-11H2,1-2H3,(H2,16,20)/t14-/m0/s1. The van der Waals surface area contributed by atoms with Gasteiger partial charge in [0.2, 0.25) is 5.91 Å². The maximum absolute atomic E-state index is 11.3. The van der Waals surface area contributed by atoms with Crippen LogP contribution in [0.5, 0.6) is 0 Å². The molecule has 1 aromatic heterocycles. The molecule has 1 saturated heterocycles. The SMILES string of the molecule is Cc1ccc(CN(CC(N)=O)C[C@@H]2CN(C)CCO2)nc1. The van der Waals surface area contributed by atoms with Crippen molar-refractivity contribution in [1.29, 1.82) is 0 Å². The molecule has 1 aromatic rings. The maximum atomic E-state index is 11.3. The van der Waals surface area contributed by atoms with Crippen molar-refractivity contribution in [3.05, 3.63) is 29.6 Å². The summed E-state index contributed by atoms with van der Waals surface area (Å²) < 4.78 is 5.76. The highest BCUT2D eigenvalue weighted by Gasteiger charge is 2.21. The fourth-order valence-electron chi connectivity index (χ4n) is 2.49. The average molecular weight is 292 g/mol. The van der Waals surface area contributed by atoms with Gasteiger partial charge in [-0.2, -0.15) is 0 Å². The smallest absolute Gasteiger partial charge is 0.231 e. The molecule has 0 spiro atoms. The normalized spacial score (nSPS) is 19.9. The van der Waals surface area contributed by atoms with Crippen molar-refractivity contribution in [1.82, 2.24) is 14.8 Å². The van der Waals surface area contributed by atoms with Crippen LogP contribution in [0.25, 0.3) is 0 Å². The predicted molar refractivity (Wildman–Crippen MR) is 80.7 cm³/mol. The summed E-state index contributed by atoms with van der Waals surface area (Å²) in [4.78, 5) is 19.9. The average Bonchev–Trinajstić information content (AvgIpc) is 2.40. The quantitative estimate of drug-likeness (QED) is 0.799. The van der Waals surface area contributed by atoms with Crippen LogP contribution in [0, 0.1) is 6.92 Å². The number of primary amides is 1. The number of amides is 1. The van der Waals surface area contributed by atoms with Gasteiger partial charge in [-0.15, -0.1) is 0 Å². The minimum atomic E-state index is -0.328. The van der Waals surface area contributed by atoms with E-state index in [-0.39, 0.29) is 18.6 Å². The molecule has 0 unspecified atom stereocenters. The number of rotatable bonds is 6. The first-order valence-electron chi connectivity index (χ1n) is 7.25. The highest BCUT2D eigenvalue weighted by atomic mass is 16.5. The zero-order valence-electron chi connectivity index (χ0n) is 12.8. The van der Waals surface area contributed by atoms with Crippen molar-refractivity contribution < 1.29 is 9.53 Å². The van der Waals surface area contributed by atoms with Gasteiger partial charge in [0, 0.05) is 32.4 Å². The molecular formula is C15H24N4O2. The second-order valence-electron chi connectivity index (χ2n) is 5.72. The molecule has 1 atom stereocenters. The number of carbonyl (C=O) groups excluding carboxylic acids is 1. The van der Waals surface area contributed by atoms with Gasteiger partial charge in [-0.05, 0) is 25.6 Å². The molecule has 116 valence electrons. The monoisotopic (exact) mass is 292 g/mol. The molecular weight excluding hydrogens is 268 g/mol. The van der Waals surface area contributed by atoms with Gasteiger partial charge < -0.3 is 15.4 Å². The summed E-state index contributed by atoms with van der Waals surface area (Å²) in [6, 6.07) is 4.01. The van der Waals surface area contributed by atoms with Gasteiger partial charge in [0.1, 0.15) is 0 Å². The summed E-state index contributed by atoms with van der Waals surface area (Å²) in [6.45, 7) is 6.06. The summed E-state index contributed by atoms with van der Waals surface area (Å²) in [5.74, 6) is -0.328. The van der Waals surface area contributed by atoms with Crippen molar-refractivity contribution >= 4 is 5.91 Å². The predicted octanol–water partition coefficient (Wildman–Crippen LogP) is 0.00792. The fraction of sp³-hybridized carbons (Fsp3) is 0.600. The van der Waals surface area contributed by atoms with Gasteiger partial charge in [-0.3, -0.25) is 14.7 Å². The number of aromatic nitrogens is 1. The molecule has 6 heteroatoms. The molecule has 1 aliphatic heterocycles. The van der Waals surface area contributed by atoms with E-state index < -0.39 is 0 Å². The summed E-state index contributed by atoms with van der Waals surface area (Å²) >= 11 is 0. The van der Waals surface area contributed by atoms with Gasteiger partial charge in [0.05, 0.1) is 24.9 Å². The Bertz CT molecular complexity index is 463. The van der Waals surface area contributed by atoms with Crippen LogP contribution in [0.4, 0.5) is 0 Å². The lowest BCUT2D eigenvalue weighted by atomic mass is 10.2. The third-order valence-corrected chi connectivity index (χ3v) is 3.54. The number of hydrogen-bond donors (Lipinski definition) is 1. The fourth-order valence-corrected chi connectivity index (χ4v) is 2.49. The van der Waals surface area contributed by atoms with Crippen molar-refractivity contribution in [2.24, 2.45) is 5.73 Å². The first-order valence-corrected chi connectivity index (χ1v) is 7.25. The summed E-state index contributed by atoms with van der Waals surface area (Å²) in [5.41, 5.74) is 7.41. The van der Waals surface area contributed by atoms with E-state index in [0.29, 0.717) is 13.1 Å². The van der Waals surface area contributed by atoms with Gasteiger partial charge in [0.25, 0.3) is 0 Å². The van der Waals surface area contributed by atoms with Crippen molar-refractivity contribution in [2.45, 2.75) is 19.6 Å². The minimum Gasteiger partial charge on any atom is -0.374 e. The Morgan fingerprint density at radius 2 is 2.38 bits per heavy atom. The molecule has 0 aliphatic carbocycles. The summed E-state index contributed by atoms with van der Waals surface area (Å²) in [5, 5.41) is 0. The van der Waals surface area contributed by atoms with Gasteiger partial charge in [-0.25, -0.2) is 0 Å². The number of morpholine rings is 1. The van der Waals surface area contributed by atoms with E-state index in [0.717, 1.165) is 31.0 Å². The first-order chi connectivity index (χ1) is 10.0. The van der Waals surface area contributed by atoms with E-state index in [1.165, 1.54) is 0 Å². The Morgan fingerprint density at radius 3 is 3.00 bits per heavy atom. The maximum Gasteiger partial charge on any atom is 0.231 e. The molecule has 0 radical (unpaired) electrons. The number of aryl methyl sites for hydroxylation is 1. The molecule has 21 heavy (non-hydrogen) atoms. The van der Waals surface area contributed by atoms with E-state index in [9.17, 15) is 4.79 Å². The topological polar surface area (TPSA) is 71.7 Å². The van der Waals surface area contributed by atoms with Crippen molar-refractivity contribution in [3.63, 3.8) is 0 Å². The number of pyridine rings is 1. The van der Waals surface area contributed by atoms with Crippen LogP contribution in [-0.2, 0) is 16.1 Å². The van der Waals surface area contributed by atoms with E-state index >= 15 is 0 Å². The second-order valence-corrected chi connectivity index (χ2v) is 5.72. The number of likely N-dealkylation sites (N-methyl/N-ethyl adjacent to an activating group) is 1. The van der Waals surface area contributed by atoms with Crippen molar-refractivity contribution in [3.8, 4) is 0 Å². The lowest BCUT2D eigenvalue weighted by Gasteiger charge is -2.33. The van der Waals surface area contributed by atoms with Crippen LogP contribution in [-0.4, -0.2) is 66.6 Å². The van der Waals surface area contributed by atoms with Crippen LogP contribution in [0.15, 0.2) is 18.3 Å². The number of nitrogens with zero attached hydrogens (tertiary/aromatic N) is 3. The van der Waals surface area contributed by atoms with Crippen LogP contribution in [0.1, 0.15) is 11.3 Å². The number of nitrogens with two attached hydrogens (primary N) is 1. The lowest BCUT2D eigenvalue weighted by Crippen LogP contribution is -2.47. The molecule has 2 N–H and O–H groups in total.